The van der Waals surface area contributed by atoms with E-state index in [0.717, 1.165) is 30.3 Å². The van der Waals surface area contributed by atoms with Crippen LogP contribution in [0, 0.1) is 6.92 Å². The number of pyridine rings is 1. The number of anilines is 4. The van der Waals surface area contributed by atoms with Crippen LogP contribution in [0.5, 0.6) is 5.88 Å². The van der Waals surface area contributed by atoms with E-state index in [1.807, 2.05) is 44.2 Å². The van der Waals surface area contributed by atoms with Crippen LogP contribution in [0.15, 0.2) is 48.7 Å². The van der Waals surface area contributed by atoms with Crippen LogP contribution in [0.3, 0.4) is 0 Å². The highest BCUT2D eigenvalue weighted by Crippen LogP contribution is 2.21. The minimum absolute atomic E-state index is 0.238. The molecule has 3 heterocycles. The van der Waals surface area contributed by atoms with Gasteiger partial charge in [-0.05, 0) is 44.2 Å². The Morgan fingerprint density at radius 1 is 1.09 bits per heavy atom. The molecular weight excluding hydrogens is 408 g/mol. The predicted molar refractivity (Wildman–Crippen MR) is 123 cm³/mol. The number of hydrogen-bond acceptors (Lipinski definition) is 8. The van der Waals surface area contributed by atoms with Crippen molar-refractivity contribution < 1.29 is 14.3 Å². The highest BCUT2D eigenvalue weighted by molar-refractivity contribution is 6.04. The zero-order valence-corrected chi connectivity index (χ0v) is 18.2. The lowest BCUT2D eigenvalue weighted by molar-refractivity contribution is 0.102. The topological polar surface area (TPSA) is 102 Å². The number of morpholine rings is 1. The lowest BCUT2D eigenvalue weighted by Gasteiger charge is -2.28. The van der Waals surface area contributed by atoms with Crippen molar-refractivity contribution >= 4 is 29.0 Å². The maximum Gasteiger partial charge on any atom is 0.257 e. The van der Waals surface area contributed by atoms with E-state index in [4.69, 9.17) is 9.47 Å². The molecule has 9 heteroatoms. The number of carbonyl (C=O) groups is 1. The van der Waals surface area contributed by atoms with E-state index in [1.54, 1.807) is 12.1 Å². The summed E-state index contributed by atoms with van der Waals surface area (Å²) in [6.07, 6.45) is 1.50. The fourth-order valence-electron chi connectivity index (χ4n) is 3.28. The lowest BCUT2D eigenvalue weighted by atomic mass is 10.2. The van der Waals surface area contributed by atoms with Crippen LogP contribution < -0.4 is 20.3 Å². The molecule has 1 amide bonds. The monoisotopic (exact) mass is 434 g/mol. The Kier molecular flexibility index (Phi) is 6.76. The fourth-order valence-corrected chi connectivity index (χ4v) is 3.28. The number of aromatic nitrogens is 3. The van der Waals surface area contributed by atoms with Gasteiger partial charge in [0, 0.05) is 48.5 Å². The molecule has 1 aliphatic heterocycles. The molecular formula is C23H26N6O3. The molecule has 0 aliphatic carbocycles. The number of aryl methyl sites for hydroxylation is 1. The van der Waals surface area contributed by atoms with E-state index in [2.05, 4.69) is 30.5 Å². The molecule has 0 unspecified atom stereocenters. The van der Waals surface area contributed by atoms with Crippen LogP contribution in [0.1, 0.15) is 23.0 Å². The van der Waals surface area contributed by atoms with Crippen molar-refractivity contribution in [3.8, 4) is 5.88 Å². The average molecular weight is 435 g/mol. The van der Waals surface area contributed by atoms with Crippen molar-refractivity contribution in [2.24, 2.45) is 0 Å². The molecule has 3 aromatic rings. The lowest BCUT2D eigenvalue weighted by Crippen LogP contribution is -2.36. The standard InChI is InChI=1S/C23H26N6O3/c1-3-32-21-9-4-17(15-24-21)22(30)26-18-5-7-19(8-6-18)27-23-25-16(2)14-20(28-23)29-10-12-31-13-11-29/h4-9,14-15H,3,10-13H2,1-2H3,(H,26,30)(H,25,27,28). The van der Waals surface area contributed by atoms with Gasteiger partial charge in [-0.1, -0.05) is 0 Å². The molecule has 4 rings (SSSR count). The Bertz CT molecular complexity index is 1050. The number of ether oxygens (including phenoxy) is 2. The third kappa shape index (κ3) is 5.50. The van der Waals surface area contributed by atoms with Crippen molar-refractivity contribution in [3.05, 3.63) is 59.9 Å². The van der Waals surface area contributed by atoms with Crippen molar-refractivity contribution in [2.75, 3.05) is 48.4 Å². The van der Waals surface area contributed by atoms with Crippen LogP contribution in [0.25, 0.3) is 0 Å². The second kappa shape index (κ2) is 10.1. The first-order chi connectivity index (χ1) is 15.6. The quantitative estimate of drug-likeness (QED) is 0.583. The Hall–Kier alpha value is -3.72. The number of hydrogen-bond donors (Lipinski definition) is 2. The van der Waals surface area contributed by atoms with Gasteiger partial charge in [0.05, 0.1) is 25.4 Å². The van der Waals surface area contributed by atoms with Gasteiger partial charge in [0.25, 0.3) is 5.91 Å². The SMILES string of the molecule is CCOc1ccc(C(=O)Nc2ccc(Nc3nc(C)cc(N4CCOCC4)n3)cc2)cn1. The molecule has 32 heavy (non-hydrogen) atoms. The molecule has 2 N–H and O–H groups in total. The first-order valence-corrected chi connectivity index (χ1v) is 10.6. The largest absolute Gasteiger partial charge is 0.478 e. The van der Waals surface area contributed by atoms with Gasteiger partial charge in [-0.15, -0.1) is 0 Å². The van der Waals surface area contributed by atoms with Crippen LogP contribution in [0.4, 0.5) is 23.1 Å². The number of amides is 1. The summed E-state index contributed by atoms with van der Waals surface area (Å²) in [4.78, 5) is 27.9. The summed E-state index contributed by atoms with van der Waals surface area (Å²) >= 11 is 0. The second-order valence-electron chi connectivity index (χ2n) is 7.27. The first kappa shape index (κ1) is 21.5. The highest BCUT2D eigenvalue weighted by Gasteiger charge is 2.14. The summed E-state index contributed by atoms with van der Waals surface area (Å²) in [7, 11) is 0. The summed E-state index contributed by atoms with van der Waals surface area (Å²) in [5, 5.41) is 6.10. The summed E-state index contributed by atoms with van der Waals surface area (Å²) in [6.45, 7) is 7.39. The molecule has 0 radical (unpaired) electrons. The van der Waals surface area contributed by atoms with Crippen molar-refractivity contribution in [3.63, 3.8) is 0 Å². The van der Waals surface area contributed by atoms with E-state index in [0.29, 0.717) is 42.9 Å². The molecule has 0 saturated carbocycles. The van der Waals surface area contributed by atoms with Gasteiger partial charge >= 0.3 is 0 Å². The zero-order chi connectivity index (χ0) is 22.3. The van der Waals surface area contributed by atoms with Gasteiger partial charge in [-0.3, -0.25) is 4.79 Å². The number of benzene rings is 1. The average Bonchev–Trinajstić information content (AvgIpc) is 2.81. The Labute approximate surface area is 186 Å². The third-order valence-electron chi connectivity index (χ3n) is 4.87. The maximum absolute atomic E-state index is 12.4. The summed E-state index contributed by atoms with van der Waals surface area (Å²) in [6, 6.07) is 12.7. The molecule has 0 bridgehead atoms. The normalized spacial score (nSPS) is 13.5. The van der Waals surface area contributed by atoms with E-state index < -0.39 is 0 Å². The zero-order valence-electron chi connectivity index (χ0n) is 18.2. The summed E-state index contributed by atoms with van der Waals surface area (Å²) in [5.41, 5.74) is 2.84. The second-order valence-corrected chi connectivity index (χ2v) is 7.27. The summed E-state index contributed by atoms with van der Waals surface area (Å²) < 4.78 is 10.7. The molecule has 9 nitrogen and oxygen atoms in total. The molecule has 1 fully saturated rings. The van der Waals surface area contributed by atoms with Crippen molar-refractivity contribution in [1.29, 1.82) is 0 Å². The predicted octanol–water partition coefficient (Wildman–Crippen LogP) is 3.41. The van der Waals surface area contributed by atoms with Crippen molar-refractivity contribution in [2.45, 2.75) is 13.8 Å². The van der Waals surface area contributed by atoms with Crippen LogP contribution in [-0.4, -0.2) is 53.8 Å². The minimum Gasteiger partial charge on any atom is -0.478 e. The molecule has 0 spiro atoms. The van der Waals surface area contributed by atoms with Crippen LogP contribution in [-0.2, 0) is 4.74 Å². The Morgan fingerprint density at radius 2 is 1.84 bits per heavy atom. The molecule has 1 saturated heterocycles. The van der Waals surface area contributed by atoms with Crippen molar-refractivity contribution in [1.82, 2.24) is 15.0 Å². The first-order valence-electron chi connectivity index (χ1n) is 10.6. The number of rotatable bonds is 7. The van der Waals surface area contributed by atoms with E-state index in [-0.39, 0.29) is 5.91 Å². The van der Waals surface area contributed by atoms with Gasteiger partial charge in [0.15, 0.2) is 0 Å². The molecule has 0 atom stereocenters. The molecule has 2 aromatic heterocycles. The van der Waals surface area contributed by atoms with Gasteiger partial charge in [-0.25, -0.2) is 9.97 Å². The van der Waals surface area contributed by atoms with Gasteiger partial charge in [0.1, 0.15) is 5.82 Å². The smallest absolute Gasteiger partial charge is 0.257 e. The van der Waals surface area contributed by atoms with Gasteiger partial charge < -0.3 is 25.0 Å². The number of nitrogens with one attached hydrogen (secondary N) is 2. The molecule has 166 valence electrons. The molecule has 1 aliphatic rings. The highest BCUT2D eigenvalue weighted by atomic mass is 16.5. The van der Waals surface area contributed by atoms with E-state index in [9.17, 15) is 4.79 Å². The minimum atomic E-state index is -0.238. The van der Waals surface area contributed by atoms with Gasteiger partial charge in [-0.2, -0.15) is 4.98 Å². The van der Waals surface area contributed by atoms with E-state index in [1.165, 1.54) is 6.20 Å². The Morgan fingerprint density at radius 3 is 2.53 bits per heavy atom. The maximum atomic E-state index is 12.4. The third-order valence-corrected chi connectivity index (χ3v) is 4.87. The van der Waals surface area contributed by atoms with E-state index >= 15 is 0 Å². The van der Waals surface area contributed by atoms with Crippen LogP contribution in [0.2, 0.25) is 0 Å². The number of nitrogens with zero attached hydrogens (tertiary/aromatic N) is 4. The summed E-state index contributed by atoms with van der Waals surface area (Å²) in [5.74, 6) is 1.67. The molecule has 1 aromatic carbocycles. The Balaban J connectivity index is 1.39. The van der Waals surface area contributed by atoms with Crippen LogP contribution >= 0.6 is 0 Å². The number of carbonyl (C=O) groups excluding carboxylic acids is 1. The van der Waals surface area contributed by atoms with Gasteiger partial charge in [0.2, 0.25) is 11.8 Å². The fraction of sp³-hybridized carbons (Fsp3) is 0.304.